The standard InChI is InChI=1S/C9H8N3O/c1-6-3-4-10-8(5-6)9-11-7(2)12-13-9/h3-5H,1H2,2H3. The number of aromatic nitrogens is 3. The fraction of sp³-hybridized carbons (Fsp3) is 0.111. The summed E-state index contributed by atoms with van der Waals surface area (Å²) in [7, 11) is 0. The quantitative estimate of drug-likeness (QED) is 0.659. The van der Waals surface area contributed by atoms with Crippen molar-refractivity contribution in [3.05, 3.63) is 36.6 Å². The van der Waals surface area contributed by atoms with Crippen molar-refractivity contribution in [3.63, 3.8) is 0 Å². The molecule has 0 unspecified atom stereocenters. The van der Waals surface area contributed by atoms with Gasteiger partial charge in [0.2, 0.25) is 0 Å². The van der Waals surface area contributed by atoms with E-state index in [2.05, 4.69) is 22.0 Å². The lowest BCUT2D eigenvalue weighted by Gasteiger charge is -1.93. The molecule has 0 aliphatic carbocycles. The second-order valence-corrected chi connectivity index (χ2v) is 2.70. The Balaban J connectivity index is 2.46. The van der Waals surface area contributed by atoms with Crippen LogP contribution in [0, 0.1) is 13.8 Å². The van der Waals surface area contributed by atoms with Crippen LogP contribution in [-0.4, -0.2) is 15.1 Å². The van der Waals surface area contributed by atoms with Crippen molar-refractivity contribution in [1.82, 2.24) is 15.1 Å². The molecular weight excluding hydrogens is 166 g/mol. The average Bonchev–Trinajstić information content (AvgIpc) is 2.52. The molecular formula is C9H8N3O. The summed E-state index contributed by atoms with van der Waals surface area (Å²) in [5, 5.41) is 3.68. The zero-order valence-electron chi connectivity index (χ0n) is 7.19. The van der Waals surface area contributed by atoms with Crippen molar-refractivity contribution < 1.29 is 4.52 Å². The lowest BCUT2D eigenvalue weighted by atomic mass is 10.2. The molecule has 2 aromatic heterocycles. The van der Waals surface area contributed by atoms with E-state index in [0.29, 0.717) is 17.4 Å². The minimum atomic E-state index is 0.433. The largest absolute Gasteiger partial charge is 0.332 e. The number of aryl methyl sites for hydroxylation is 1. The predicted molar refractivity (Wildman–Crippen MR) is 46.7 cm³/mol. The molecule has 0 aromatic carbocycles. The van der Waals surface area contributed by atoms with Crippen molar-refractivity contribution in [2.24, 2.45) is 0 Å². The van der Waals surface area contributed by atoms with Crippen LogP contribution in [-0.2, 0) is 0 Å². The van der Waals surface area contributed by atoms with E-state index >= 15 is 0 Å². The average molecular weight is 174 g/mol. The Bertz CT molecular complexity index is 422. The van der Waals surface area contributed by atoms with E-state index in [9.17, 15) is 0 Å². The second-order valence-electron chi connectivity index (χ2n) is 2.70. The summed E-state index contributed by atoms with van der Waals surface area (Å²) in [6.07, 6.45) is 1.66. The van der Waals surface area contributed by atoms with Gasteiger partial charge in [-0.3, -0.25) is 4.98 Å². The summed E-state index contributed by atoms with van der Waals surface area (Å²) in [6.45, 7) is 5.55. The second kappa shape index (κ2) is 2.97. The summed E-state index contributed by atoms with van der Waals surface area (Å²) in [5.74, 6) is 1.04. The molecule has 13 heavy (non-hydrogen) atoms. The number of hydrogen-bond donors (Lipinski definition) is 0. The zero-order chi connectivity index (χ0) is 9.26. The minimum absolute atomic E-state index is 0.433. The first kappa shape index (κ1) is 7.91. The van der Waals surface area contributed by atoms with Gasteiger partial charge >= 0.3 is 0 Å². The molecule has 0 saturated carbocycles. The molecule has 65 valence electrons. The number of pyridine rings is 1. The molecule has 0 N–H and O–H groups in total. The van der Waals surface area contributed by atoms with Gasteiger partial charge in [-0.15, -0.1) is 0 Å². The monoisotopic (exact) mass is 174 g/mol. The van der Waals surface area contributed by atoms with Crippen molar-refractivity contribution in [3.8, 4) is 11.6 Å². The molecule has 4 nitrogen and oxygen atoms in total. The van der Waals surface area contributed by atoms with Gasteiger partial charge in [0, 0.05) is 6.20 Å². The molecule has 0 aliphatic heterocycles. The van der Waals surface area contributed by atoms with E-state index in [1.807, 2.05) is 6.07 Å². The van der Waals surface area contributed by atoms with E-state index in [4.69, 9.17) is 4.52 Å². The third-order valence-electron chi connectivity index (χ3n) is 1.57. The third kappa shape index (κ3) is 1.56. The molecule has 0 spiro atoms. The third-order valence-corrected chi connectivity index (χ3v) is 1.57. The summed E-state index contributed by atoms with van der Waals surface area (Å²) >= 11 is 0. The van der Waals surface area contributed by atoms with E-state index in [0.717, 1.165) is 5.56 Å². The lowest BCUT2D eigenvalue weighted by molar-refractivity contribution is 0.424. The van der Waals surface area contributed by atoms with Crippen molar-refractivity contribution >= 4 is 0 Å². The highest BCUT2D eigenvalue weighted by Crippen LogP contribution is 2.14. The molecule has 0 amide bonds. The Morgan fingerprint density at radius 2 is 2.31 bits per heavy atom. The zero-order valence-corrected chi connectivity index (χ0v) is 7.19. The van der Waals surface area contributed by atoms with Gasteiger partial charge in [-0.2, -0.15) is 4.98 Å². The molecule has 2 heterocycles. The Morgan fingerprint density at radius 3 is 2.92 bits per heavy atom. The maximum atomic E-state index is 4.95. The Morgan fingerprint density at radius 1 is 1.46 bits per heavy atom. The summed E-state index contributed by atoms with van der Waals surface area (Å²) < 4.78 is 4.95. The van der Waals surface area contributed by atoms with Gasteiger partial charge in [-0.25, -0.2) is 0 Å². The van der Waals surface area contributed by atoms with Crippen LogP contribution in [0.25, 0.3) is 11.6 Å². The van der Waals surface area contributed by atoms with Crippen LogP contribution >= 0.6 is 0 Å². The maximum absolute atomic E-state index is 4.95. The number of nitrogens with zero attached hydrogens (tertiary/aromatic N) is 3. The Labute approximate surface area is 75.6 Å². The molecule has 2 aromatic rings. The van der Waals surface area contributed by atoms with Crippen LogP contribution in [0.4, 0.5) is 0 Å². The van der Waals surface area contributed by atoms with Gasteiger partial charge in [-0.05, 0) is 31.5 Å². The first-order valence-corrected chi connectivity index (χ1v) is 3.84. The molecule has 0 fully saturated rings. The van der Waals surface area contributed by atoms with E-state index in [1.165, 1.54) is 0 Å². The number of rotatable bonds is 1. The maximum Gasteiger partial charge on any atom is 0.276 e. The first-order chi connectivity index (χ1) is 6.25. The topological polar surface area (TPSA) is 51.8 Å². The van der Waals surface area contributed by atoms with Crippen LogP contribution < -0.4 is 0 Å². The van der Waals surface area contributed by atoms with Gasteiger partial charge in [0.15, 0.2) is 5.82 Å². The van der Waals surface area contributed by atoms with Crippen molar-refractivity contribution in [1.29, 1.82) is 0 Å². The molecule has 0 atom stereocenters. The van der Waals surface area contributed by atoms with Crippen molar-refractivity contribution in [2.45, 2.75) is 6.92 Å². The normalized spacial score (nSPS) is 10.3. The highest BCUT2D eigenvalue weighted by Gasteiger charge is 2.06. The minimum Gasteiger partial charge on any atom is -0.332 e. The van der Waals surface area contributed by atoms with E-state index in [-0.39, 0.29) is 0 Å². The smallest absolute Gasteiger partial charge is 0.276 e. The van der Waals surface area contributed by atoms with Crippen LogP contribution in [0.15, 0.2) is 22.9 Å². The summed E-state index contributed by atoms with van der Waals surface area (Å²) in [6, 6.07) is 3.61. The van der Waals surface area contributed by atoms with Gasteiger partial charge < -0.3 is 4.52 Å². The van der Waals surface area contributed by atoms with E-state index in [1.54, 1.807) is 19.2 Å². The molecule has 0 saturated heterocycles. The molecule has 2 rings (SSSR count). The fourth-order valence-electron chi connectivity index (χ4n) is 0.992. The van der Waals surface area contributed by atoms with Crippen LogP contribution in [0.2, 0.25) is 0 Å². The predicted octanol–water partition coefficient (Wildman–Crippen LogP) is 1.62. The van der Waals surface area contributed by atoms with Crippen molar-refractivity contribution in [2.75, 3.05) is 0 Å². The van der Waals surface area contributed by atoms with E-state index < -0.39 is 0 Å². The summed E-state index contributed by atoms with van der Waals surface area (Å²) in [4.78, 5) is 8.14. The van der Waals surface area contributed by atoms with Gasteiger partial charge in [0.05, 0.1) is 0 Å². The molecule has 0 bridgehead atoms. The Hall–Kier alpha value is -1.71. The van der Waals surface area contributed by atoms with Gasteiger partial charge in [0.1, 0.15) is 5.69 Å². The van der Waals surface area contributed by atoms with Gasteiger partial charge in [0.25, 0.3) is 5.89 Å². The highest BCUT2D eigenvalue weighted by atomic mass is 16.5. The molecule has 0 aliphatic rings. The summed E-state index contributed by atoms with van der Waals surface area (Å²) in [5.41, 5.74) is 1.54. The number of hydrogen-bond acceptors (Lipinski definition) is 4. The lowest BCUT2D eigenvalue weighted by Crippen LogP contribution is -1.84. The SMILES string of the molecule is [CH2]c1ccnc(-c2nc(C)no2)c1. The Kier molecular flexibility index (Phi) is 1.81. The fourth-order valence-corrected chi connectivity index (χ4v) is 0.992. The van der Waals surface area contributed by atoms with Crippen LogP contribution in [0.1, 0.15) is 11.4 Å². The van der Waals surface area contributed by atoms with Crippen LogP contribution in [0.5, 0.6) is 0 Å². The molecule has 1 radical (unpaired) electrons. The molecule has 4 heteroatoms. The first-order valence-electron chi connectivity index (χ1n) is 3.84. The van der Waals surface area contributed by atoms with Gasteiger partial charge in [-0.1, -0.05) is 5.16 Å². The van der Waals surface area contributed by atoms with Crippen LogP contribution in [0.3, 0.4) is 0 Å². The highest BCUT2D eigenvalue weighted by molar-refractivity contribution is 5.47.